The Morgan fingerprint density at radius 1 is 0.506 bits per heavy atom. The minimum absolute atomic E-state index is 0. The molecule has 4 aromatic heterocycles. The molecule has 4 amide bonds. The zero-order valence-electron chi connectivity index (χ0n) is 42.2. The van der Waals surface area contributed by atoms with Crippen LogP contribution in [0.5, 0.6) is 11.5 Å². The Morgan fingerprint density at radius 2 is 0.909 bits per heavy atom. The summed E-state index contributed by atoms with van der Waals surface area (Å²) in [6.07, 6.45) is 3.71. The summed E-state index contributed by atoms with van der Waals surface area (Å²) >= 11 is 0. The number of anilines is 4. The van der Waals surface area contributed by atoms with E-state index in [-0.39, 0.29) is 153 Å². The van der Waals surface area contributed by atoms with E-state index in [9.17, 15) is 48.6 Å². The van der Waals surface area contributed by atoms with Crippen molar-refractivity contribution < 1.29 is 117 Å². The number of benzene rings is 4. The minimum atomic E-state index is -1.52. The number of amides is 4. The summed E-state index contributed by atoms with van der Waals surface area (Å²) in [5, 5.41) is 34.3. The Bertz CT molecular complexity index is 3410. The largest absolute Gasteiger partial charge is 1.00 e. The Hall–Kier alpha value is -8.24. The number of hydrogen-bond acceptors (Lipinski definition) is 14. The van der Waals surface area contributed by atoms with Gasteiger partial charge in [0, 0.05) is 81.4 Å². The number of ketones is 2. The molecule has 0 unspecified atom stereocenters. The van der Waals surface area contributed by atoms with Crippen LogP contribution in [0.15, 0.2) is 134 Å². The van der Waals surface area contributed by atoms with Crippen LogP contribution < -0.4 is 112 Å². The fourth-order valence-electron chi connectivity index (χ4n) is 8.34. The predicted molar refractivity (Wildman–Crippen MR) is 272 cm³/mol. The zero-order chi connectivity index (χ0) is 53.5. The average molecular weight is 1060 g/mol. The molecule has 8 rings (SSSR count). The molecule has 4 aromatic carbocycles. The molecule has 0 aliphatic rings. The van der Waals surface area contributed by atoms with Crippen LogP contribution >= 0.6 is 0 Å². The number of nitrogens with one attached hydrogen (secondary N) is 4. The first-order valence-corrected chi connectivity index (χ1v) is 23.1. The van der Waals surface area contributed by atoms with Gasteiger partial charge in [0.05, 0.1) is 34.1 Å². The monoisotopic (exact) mass is 1060 g/mol. The Kier molecular flexibility index (Phi) is 19.2. The van der Waals surface area contributed by atoms with Crippen molar-refractivity contribution >= 4 is 81.2 Å². The number of nitrogen functional groups attached to an aromatic ring is 2. The molecule has 8 aromatic rings. The zero-order valence-corrected chi connectivity index (χ0v) is 46.2. The van der Waals surface area contributed by atoms with E-state index in [4.69, 9.17) is 20.9 Å². The third-order valence-electron chi connectivity index (χ3n) is 12.1. The van der Waals surface area contributed by atoms with E-state index >= 15 is 0 Å². The second-order valence-electron chi connectivity index (χ2n) is 17.0. The van der Waals surface area contributed by atoms with Crippen molar-refractivity contribution in [2.75, 3.05) is 48.4 Å². The number of ether oxygens (including phenoxy) is 2. The van der Waals surface area contributed by atoms with Gasteiger partial charge in [-0.15, -0.1) is 0 Å². The first-order valence-electron chi connectivity index (χ1n) is 23.1. The van der Waals surface area contributed by atoms with Crippen molar-refractivity contribution in [2.45, 2.75) is 20.3 Å². The van der Waals surface area contributed by atoms with E-state index in [2.05, 4.69) is 21.3 Å². The molecule has 0 radical (unpaired) electrons. The van der Waals surface area contributed by atoms with Crippen LogP contribution in [-0.2, 0) is 9.59 Å². The topological polar surface area (TPSA) is 310 Å². The van der Waals surface area contributed by atoms with Gasteiger partial charge in [0.25, 0.3) is 23.6 Å². The number of carbonyl (C=O) groups excluding carboxylic acids is 8. The van der Waals surface area contributed by atoms with Crippen LogP contribution in [-0.4, -0.2) is 82.2 Å². The van der Waals surface area contributed by atoms with E-state index in [1.54, 1.807) is 108 Å². The SMILES string of the molecule is Cc1c(C(=O)c2ccc(N)c(C(=O)[O-])c2)c2ccccn2c1NC(=O)c1cccc(OCC(=O)NCCCNC(=O)COc2cccc(C(=O)Nc3c(C)c(C(=O)c4ccc(N)c(C(=O)[O-])c4)c4ccccn34)c2)c1.[Na+].[Na+]. The minimum Gasteiger partial charge on any atom is -0.545 e. The molecule has 0 bridgehead atoms. The number of aromatic nitrogens is 2. The number of hydrogen-bond donors (Lipinski definition) is 6. The number of aromatic carboxylic acids is 2. The van der Waals surface area contributed by atoms with Gasteiger partial charge in [-0.3, -0.25) is 28.8 Å². The molecule has 77 heavy (non-hydrogen) atoms. The van der Waals surface area contributed by atoms with Crippen molar-refractivity contribution in [1.29, 1.82) is 0 Å². The van der Waals surface area contributed by atoms with Gasteiger partial charge in [-0.2, -0.15) is 0 Å². The molecule has 0 saturated heterocycles. The third kappa shape index (κ3) is 13.1. The van der Waals surface area contributed by atoms with Crippen LogP contribution in [0.1, 0.15) is 90.8 Å². The summed E-state index contributed by atoms with van der Waals surface area (Å²) in [5.74, 6) is -4.92. The summed E-state index contributed by atoms with van der Waals surface area (Å²) < 4.78 is 14.6. The van der Waals surface area contributed by atoms with E-state index in [1.165, 1.54) is 36.4 Å². The van der Waals surface area contributed by atoms with E-state index < -0.39 is 47.1 Å². The second kappa shape index (κ2) is 25.5. The Labute approximate surface area is 483 Å². The van der Waals surface area contributed by atoms with Crippen molar-refractivity contribution in [1.82, 2.24) is 19.4 Å². The van der Waals surface area contributed by atoms with Gasteiger partial charge in [-0.05, 0) is 117 Å². The summed E-state index contributed by atoms with van der Waals surface area (Å²) in [5.41, 5.74) is 13.6. The Balaban J connectivity index is 0.00000480. The molecule has 0 aliphatic heterocycles. The van der Waals surface area contributed by atoms with Crippen LogP contribution in [0.4, 0.5) is 23.0 Å². The molecular formula is C55H46N8Na2O12. The number of rotatable bonds is 20. The van der Waals surface area contributed by atoms with Gasteiger partial charge in [0.2, 0.25) is 0 Å². The number of carboxylic acids is 2. The normalized spacial score (nSPS) is 10.6. The van der Waals surface area contributed by atoms with Gasteiger partial charge < -0.3 is 70.8 Å². The number of nitrogens with two attached hydrogens (primary N) is 2. The first kappa shape index (κ1) is 58.0. The van der Waals surface area contributed by atoms with Crippen LogP contribution in [0.25, 0.3) is 11.0 Å². The molecule has 0 aliphatic carbocycles. The first-order chi connectivity index (χ1) is 36.0. The Morgan fingerprint density at radius 3 is 1.30 bits per heavy atom. The van der Waals surface area contributed by atoms with Crippen molar-refractivity contribution in [3.05, 3.63) is 189 Å². The number of carboxylic acid groups (broad SMARTS) is 2. The van der Waals surface area contributed by atoms with Gasteiger partial charge in [0.1, 0.15) is 23.1 Å². The number of carbonyl (C=O) groups is 8. The van der Waals surface area contributed by atoms with Crippen molar-refractivity contribution in [2.24, 2.45) is 0 Å². The van der Waals surface area contributed by atoms with Crippen molar-refractivity contribution in [3.63, 3.8) is 0 Å². The molecule has 0 spiro atoms. The fourth-order valence-corrected chi connectivity index (χ4v) is 8.34. The third-order valence-corrected chi connectivity index (χ3v) is 12.1. The molecule has 0 saturated carbocycles. The molecule has 20 nitrogen and oxygen atoms in total. The summed E-state index contributed by atoms with van der Waals surface area (Å²) in [6.45, 7) is 2.97. The number of pyridine rings is 2. The fraction of sp³-hybridized carbons (Fsp3) is 0.127. The number of fused-ring (bicyclic) bond motifs is 2. The summed E-state index contributed by atoms with van der Waals surface area (Å²) in [7, 11) is 0. The smallest absolute Gasteiger partial charge is 0.545 e. The summed E-state index contributed by atoms with van der Waals surface area (Å²) in [6, 6.07) is 30.4. The van der Waals surface area contributed by atoms with E-state index in [1.807, 2.05) is 0 Å². The maximum atomic E-state index is 13.8. The van der Waals surface area contributed by atoms with E-state index in [0.717, 1.165) is 12.1 Å². The van der Waals surface area contributed by atoms with Gasteiger partial charge in [-0.25, -0.2) is 0 Å². The summed E-state index contributed by atoms with van der Waals surface area (Å²) in [4.78, 5) is 103. The predicted octanol–water partition coefficient (Wildman–Crippen LogP) is -2.24. The van der Waals surface area contributed by atoms with E-state index in [0.29, 0.717) is 40.2 Å². The molecular weight excluding hydrogens is 1010 g/mol. The molecule has 0 fully saturated rings. The molecule has 8 N–H and O–H groups in total. The standard InChI is InChI=1S/C55H48N8O12.2Na/c1-30-46(48(66)32-16-18-40(56)38(26-32)54(70)71)42-14-3-5-22-62(42)50(30)60-52(68)34-10-7-12-36(24-34)74-28-44(64)58-20-9-21-59-45(65)29-75-37-13-8-11-35(25-37)53(69)61-51-31(2)47(43-15-4-6-23-63(43)51)49(67)33-17-19-41(57)39(27-33)55(72)73;;/h3-8,10-19,22-27H,9,20-21,28-29,56-57H2,1-2H3,(H,58,64)(H,59,65)(H,60,68)(H,61,69)(H,70,71)(H,72,73);;/q;2*+1/p-2. The quantitative estimate of drug-likeness (QED) is 0.0204. The molecule has 22 heteroatoms. The van der Waals surface area contributed by atoms with Crippen LogP contribution in [0.2, 0.25) is 0 Å². The van der Waals surface area contributed by atoms with Gasteiger partial charge in [0.15, 0.2) is 24.8 Å². The van der Waals surface area contributed by atoms with Crippen LogP contribution in [0, 0.1) is 13.8 Å². The second-order valence-corrected chi connectivity index (χ2v) is 17.0. The maximum absolute atomic E-state index is 13.8. The van der Waals surface area contributed by atoms with Crippen LogP contribution in [0.3, 0.4) is 0 Å². The average Bonchev–Trinajstić information content (AvgIpc) is 3.85. The molecule has 0 atom stereocenters. The van der Waals surface area contributed by atoms with Crippen molar-refractivity contribution in [3.8, 4) is 11.5 Å². The van der Waals surface area contributed by atoms with Gasteiger partial charge in [-0.1, -0.05) is 24.3 Å². The molecule has 380 valence electrons. The maximum Gasteiger partial charge on any atom is 1.00 e. The number of nitrogens with zero attached hydrogens (tertiary/aromatic N) is 2. The molecule has 4 heterocycles. The van der Waals surface area contributed by atoms with Gasteiger partial charge >= 0.3 is 59.1 Å².